The van der Waals surface area contributed by atoms with Gasteiger partial charge >= 0.3 is 0 Å². The summed E-state index contributed by atoms with van der Waals surface area (Å²) in [6.07, 6.45) is 6.13. The number of aromatic amines is 1. The Hall–Kier alpha value is -2.74. The summed E-state index contributed by atoms with van der Waals surface area (Å²) in [4.78, 5) is 25.6. The first kappa shape index (κ1) is 20.2. The van der Waals surface area contributed by atoms with Gasteiger partial charge in [-0.25, -0.2) is 9.97 Å². The fourth-order valence-corrected chi connectivity index (χ4v) is 5.39. The molecule has 1 saturated heterocycles. The molecule has 1 fully saturated rings. The van der Waals surface area contributed by atoms with Crippen molar-refractivity contribution >= 4 is 28.2 Å². The third-order valence-corrected chi connectivity index (χ3v) is 7.48. The Kier molecular flexibility index (Phi) is 5.48. The number of rotatable bonds is 4. The second-order valence-electron chi connectivity index (χ2n) is 8.54. The Morgan fingerprint density at radius 2 is 1.97 bits per heavy atom. The van der Waals surface area contributed by atoms with E-state index in [2.05, 4.69) is 33.5 Å². The molecule has 5 rings (SSSR count). The van der Waals surface area contributed by atoms with Gasteiger partial charge in [0.25, 0.3) is 5.91 Å². The number of amides is 1. The van der Waals surface area contributed by atoms with Crippen LogP contribution in [0.1, 0.15) is 69.6 Å². The summed E-state index contributed by atoms with van der Waals surface area (Å²) in [7, 11) is 0. The van der Waals surface area contributed by atoms with E-state index in [0.717, 1.165) is 78.8 Å². The molecule has 0 unspecified atom stereocenters. The maximum Gasteiger partial charge on any atom is 0.274 e. The molecule has 3 aromatic rings. The fourth-order valence-electron chi connectivity index (χ4n) is 4.57. The van der Waals surface area contributed by atoms with Gasteiger partial charge in [0.1, 0.15) is 5.82 Å². The maximum absolute atomic E-state index is 13.1. The molecule has 8 heteroatoms. The van der Waals surface area contributed by atoms with Crippen LogP contribution in [0.15, 0.2) is 18.2 Å². The molecule has 1 amide bonds. The molecule has 1 aliphatic carbocycles. The summed E-state index contributed by atoms with van der Waals surface area (Å²) < 4.78 is 0. The number of carbonyl (C=O) groups excluding carboxylic acids is 1. The molecular weight excluding hydrogens is 408 g/mol. The number of aryl methyl sites for hydroxylation is 3. The third kappa shape index (κ3) is 4.08. The molecule has 0 spiro atoms. The number of anilines is 2. The number of pyridine rings is 1. The van der Waals surface area contributed by atoms with E-state index in [4.69, 9.17) is 4.98 Å². The Morgan fingerprint density at radius 3 is 2.74 bits per heavy atom. The number of carbonyl (C=O) groups is 1. The molecule has 162 valence electrons. The second kappa shape index (κ2) is 8.42. The van der Waals surface area contributed by atoms with Crippen molar-refractivity contribution in [3.63, 3.8) is 0 Å². The smallest absolute Gasteiger partial charge is 0.274 e. The molecular formula is C23H28N6OS. The lowest BCUT2D eigenvalue weighted by atomic mass is 9.92. The van der Waals surface area contributed by atoms with Gasteiger partial charge in [0.15, 0.2) is 10.8 Å². The van der Waals surface area contributed by atoms with Crippen LogP contribution in [-0.2, 0) is 12.8 Å². The van der Waals surface area contributed by atoms with Gasteiger partial charge in [0, 0.05) is 40.8 Å². The van der Waals surface area contributed by atoms with E-state index in [9.17, 15) is 4.79 Å². The Balaban J connectivity index is 1.23. The highest BCUT2D eigenvalue weighted by atomic mass is 32.1. The highest BCUT2D eigenvalue weighted by Crippen LogP contribution is 2.30. The van der Waals surface area contributed by atoms with Crippen LogP contribution in [-0.4, -0.2) is 44.1 Å². The van der Waals surface area contributed by atoms with Crippen molar-refractivity contribution in [3.05, 3.63) is 51.4 Å². The topological polar surface area (TPSA) is 86.8 Å². The highest BCUT2D eigenvalue weighted by molar-refractivity contribution is 7.15. The van der Waals surface area contributed by atoms with Gasteiger partial charge in [-0.05, 0) is 64.5 Å². The minimum Gasteiger partial charge on any atom is -0.337 e. The minimum absolute atomic E-state index is 0.0794. The number of thiazole rings is 1. The lowest BCUT2D eigenvalue weighted by Crippen LogP contribution is -2.38. The average Bonchev–Trinajstić information content (AvgIpc) is 3.36. The van der Waals surface area contributed by atoms with Gasteiger partial charge in [0.05, 0.1) is 5.69 Å². The number of piperidine rings is 1. The predicted octanol–water partition coefficient (Wildman–Crippen LogP) is 4.52. The summed E-state index contributed by atoms with van der Waals surface area (Å²) in [5.41, 5.74) is 5.08. The minimum atomic E-state index is 0.0794. The van der Waals surface area contributed by atoms with Crippen LogP contribution in [0.5, 0.6) is 0 Å². The first-order valence-corrected chi connectivity index (χ1v) is 11.9. The van der Waals surface area contributed by atoms with Gasteiger partial charge in [0.2, 0.25) is 0 Å². The van der Waals surface area contributed by atoms with Crippen molar-refractivity contribution in [1.29, 1.82) is 0 Å². The maximum atomic E-state index is 13.1. The van der Waals surface area contributed by atoms with E-state index in [1.54, 1.807) is 11.3 Å². The number of hydrogen-bond acceptors (Lipinski definition) is 6. The number of aromatic nitrogens is 4. The number of fused-ring (bicyclic) bond motifs is 1. The molecule has 4 heterocycles. The Labute approximate surface area is 186 Å². The summed E-state index contributed by atoms with van der Waals surface area (Å²) in [6, 6.07) is 6.12. The zero-order valence-corrected chi connectivity index (χ0v) is 18.9. The zero-order valence-electron chi connectivity index (χ0n) is 18.1. The molecule has 1 aliphatic heterocycles. The van der Waals surface area contributed by atoms with E-state index in [1.165, 1.54) is 11.3 Å². The molecule has 0 atom stereocenters. The number of hydrogen-bond donors (Lipinski definition) is 2. The summed E-state index contributed by atoms with van der Waals surface area (Å²) in [5, 5.41) is 11.7. The Bertz CT molecular complexity index is 1080. The number of H-pyrrole nitrogens is 1. The van der Waals surface area contributed by atoms with Gasteiger partial charge in [-0.3, -0.25) is 9.89 Å². The van der Waals surface area contributed by atoms with Crippen LogP contribution in [0, 0.1) is 13.8 Å². The van der Waals surface area contributed by atoms with Crippen LogP contribution in [0.4, 0.5) is 10.9 Å². The van der Waals surface area contributed by atoms with Crippen molar-refractivity contribution in [1.82, 2.24) is 25.1 Å². The summed E-state index contributed by atoms with van der Waals surface area (Å²) >= 11 is 1.65. The number of likely N-dealkylation sites (tertiary alicyclic amines) is 1. The average molecular weight is 437 g/mol. The van der Waals surface area contributed by atoms with Crippen LogP contribution >= 0.6 is 11.3 Å². The van der Waals surface area contributed by atoms with E-state index in [-0.39, 0.29) is 5.91 Å². The molecule has 0 radical (unpaired) electrons. The first-order valence-electron chi connectivity index (χ1n) is 11.1. The predicted molar refractivity (Wildman–Crippen MR) is 122 cm³/mol. The van der Waals surface area contributed by atoms with Crippen LogP contribution in [0.2, 0.25) is 0 Å². The lowest BCUT2D eigenvalue weighted by Gasteiger charge is -2.31. The van der Waals surface area contributed by atoms with Crippen LogP contribution < -0.4 is 5.32 Å². The molecule has 2 aliphatic rings. The summed E-state index contributed by atoms with van der Waals surface area (Å²) in [6.45, 7) is 5.59. The molecule has 0 saturated carbocycles. The van der Waals surface area contributed by atoms with E-state index in [1.807, 2.05) is 24.0 Å². The summed E-state index contributed by atoms with van der Waals surface area (Å²) in [5.74, 6) is 1.27. The van der Waals surface area contributed by atoms with Crippen molar-refractivity contribution in [2.75, 3.05) is 18.4 Å². The van der Waals surface area contributed by atoms with Crippen molar-refractivity contribution in [3.8, 4) is 0 Å². The molecule has 31 heavy (non-hydrogen) atoms. The van der Waals surface area contributed by atoms with Gasteiger partial charge in [-0.2, -0.15) is 5.10 Å². The monoisotopic (exact) mass is 436 g/mol. The van der Waals surface area contributed by atoms with Gasteiger partial charge in [-0.15, -0.1) is 11.3 Å². The quantitative estimate of drug-likeness (QED) is 0.628. The highest BCUT2D eigenvalue weighted by Gasteiger charge is 2.29. The fraction of sp³-hybridized carbons (Fsp3) is 0.478. The van der Waals surface area contributed by atoms with Crippen molar-refractivity contribution in [2.45, 2.75) is 58.3 Å². The van der Waals surface area contributed by atoms with E-state index < -0.39 is 0 Å². The van der Waals surface area contributed by atoms with E-state index >= 15 is 0 Å². The molecule has 0 bridgehead atoms. The van der Waals surface area contributed by atoms with Crippen molar-refractivity contribution in [2.24, 2.45) is 0 Å². The molecule has 7 nitrogen and oxygen atoms in total. The zero-order chi connectivity index (χ0) is 21.4. The second-order valence-corrected chi connectivity index (χ2v) is 9.74. The molecule has 2 N–H and O–H groups in total. The molecule has 0 aromatic carbocycles. The standard InChI is InChI=1S/C23H28N6OS/c1-14-15(2)31-23(24-14)26-20-9-5-8-18(25-20)16-10-12-29(13-11-16)22(30)21-17-6-3-4-7-19(17)27-28-21/h5,8-9,16H,3-4,6-7,10-13H2,1-2H3,(H,27,28)(H,24,25,26). The molecule has 3 aromatic heterocycles. The third-order valence-electron chi connectivity index (χ3n) is 6.49. The van der Waals surface area contributed by atoms with Crippen molar-refractivity contribution < 1.29 is 4.79 Å². The normalized spacial score (nSPS) is 16.9. The van der Waals surface area contributed by atoms with E-state index in [0.29, 0.717) is 11.6 Å². The lowest BCUT2D eigenvalue weighted by molar-refractivity contribution is 0.0705. The SMILES string of the molecule is Cc1nc(Nc2cccc(C3CCN(C(=O)c4n[nH]c5c4CCCC5)CC3)n2)sc1C. The number of nitrogens with one attached hydrogen (secondary N) is 2. The largest absolute Gasteiger partial charge is 0.337 e. The number of nitrogens with zero attached hydrogens (tertiary/aromatic N) is 4. The Morgan fingerprint density at radius 1 is 1.16 bits per heavy atom. The van der Waals surface area contributed by atoms with Crippen LogP contribution in [0.3, 0.4) is 0 Å². The van der Waals surface area contributed by atoms with Gasteiger partial charge < -0.3 is 10.2 Å². The van der Waals surface area contributed by atoms with Crippen LogP contribution in [0.25, 0.3) is 0 Å². The van der Waals surface area contributed by atoms with Gasteiger partial charge in [-0.1, -0.05) is 6.07 Å². The first-order chi connectivity index (χ1) is 15.1.